The van der Waals surface area contributed by atoms with Gasteiger partial charge in [0.2, 0.25) is 5.89 Å². The number of rotatable bonds is 5. The second-order valence-corrected chi connectivity index (χ2v) is 6.86. The maximum Gasteiger partial charge on any atom is 0.226 e. The van der Waals surface area contributed by atoms with Gasteiger partial charge < -0.3 is 9.15 Å². The minimum Gasteiger partial charge on any atom is -0.497 e. The SMILES string of the molecule is COc1ccc(-c2nc(CSc3ncnc4ccsc34)co2)cc1. The Kier molecular flexibility index (Phi) is 4.18. The summed E-state index contributed by atoms with van der Waals surface area (Å²) in [5, 5.41) is 3.00. The number of nitrogens with zero attached hydrogens (tertiary/aromatic N) is 3. The number of hydrogen-bond acceptors (Lipinski definition) is 7. The number of aromatic nitrogens is 3. The Morgan fingerprint density at radius 2 is 2.04 bits per heavy atom. The first-order valence-electron chi connectivity index (χ1n) is 7.23. The van der Waals surface area contributed by atoms with Crippen molar-refractivity contribution in [1.29, 1.82) is 0 Å². The zero-order chi connectivity index (χ0) is 16.4. The third-order valence-electron chi connectivity index (χ3n) is 3.46. The largest absolute Gasteiger partial charge is 0.497 e. The van der Waals surface area contributed by atoms with E-state index < -0.39 is 0 Å². The Morgan fingerprint density at radius 1 is 1.17 bits per heavy atom. The van der Waals surface area contributed by atoms with Crippen LogP contribution in [0.1, 0.15) is 5.69 Å². The second kappa shape index (κ2) is 6.62. The molecule has 3 heterocycles. The Bertz CT molecular complexity index is 963. The van der Waals surface area contributed by atoms with Crippen molar-refractivity contribution < 1.29 is 9.15 Å². The van der Waals surface area contributed by atoms with Crippen molar-refractivity contribution in [2.75, 3.05) is 7.11 Å². The fourth-order valence-corrected chi connectivity index (χ4v) is 4.07. The van der Waals surface area contributed by atoms with Crippen molar-refractivity contribution in [2.45, 2.75) is 10.8 Å². The van der Waals surface area contributed by atoms with Gasteiger partial charge in [0.05, 0.1) is 23.0 Å². The number of oxazole rings is 1. The highest BCUT2D eigenvalue weighted by atomic mass is 32.2. The van der Waals surface area contributed by atoms with Gasteiger partial charge in [-0.3, -0.25) is 0 Å². The van der Waals surface area contributed by atoms with Gasteiger partial charge in [-0.15, -0.1) is 11.3 Å². The van der Waals surface area contributed by atoms with Crippen LogP contribution in [0.15, 0.2) is 57.7 Å². The van der Waals surface area contributed by atoms with Crippen LogP contribution in [0.3, 0.4) is 0 Å². The van der Waals surface area contributed by atoms with E-state index in [4.69, 9.17) is 9.15 Å². The Labute approximate surface area is 146 Å². The van der Waals surface area contributed by atoms with Gasteiger partial charge in [0.15, 0.2) is 0 Å². The Morgan fingerprint density at radius 3 is 2.88 bits per heavy atom. The first kappa shape index (κ1) is 15.2. The summed E-state index contributed by atoms with van der Waals surface area (Å²) < 4.78 is 11.9. The third kappa shape index (κ3) is 3.00. The molecule has 0 N–H and O–H groups in total. The number of hydrogen-bond donors (Lipinski definition) is 0. The van der Waals surface area contributed by atoms with Gasteiger partial charge in [0, 0.05) is 11.3 Å². The van der Waals surface area contributed by atoms with E-state index in [0.29, 0.717) is 11.6 Å². The highest BCUT2D eigenvalue weighted by Gasteiger charge is 2.10. The van der Waals surface area contributed by atoms with Gasteiger partial charge in [-0.2, -0.15) is 0 Å². The van der Waals surface area contributed by atoms with Crippen LogP contribution in [0.25, 0.3) is 21.7 Å². The zero-order valence-electron chi connectivity index (χ0n) is 12.8. The standard InChI is InChI=1S/C17H13N3O2S2/c1-21-13-4-2-11(3-5-13)16-20-12(8-22-16)9-24-17-15-14(6-7-23-15)18-10-19-17/h2-8,10H,9H2,1H3. The molecule has 0 aliphatic heterocycles. The molecule has 0 saturated heterocycles. The highest BCUT2D eigenvalue weighted by molar-refractivity contribution is 7.98. The molecule has 0 radical (unpaired) electrons. The Hall–Kier alpha value is -2.38. The van der Waals surface area contributed by atoms with Crippen molar-refractivity contribution in [2.24, 2.45) is 0 Å². The second-order valence-electron chi connectivity index (χ2n) is 4.97. The molecular weight excluding hydrogens is 342 g/mol. The predicted molar refractivity (Wildman–Crippen MR) is 95.5 cm³/mol. The van der Waals surface area contributed by atoms with Gasteiger partial charge in [0.25, 0.3) is 0 Å². The van der Waals surface area contributed by atoms with Crippen LogP contribution in [0.4, 0.5) is 0 Å². The summed E-state index contributed by atoms with van der Waals surface area (Å²) in [6.07, 6.45) is 3.29. The summed E-state index contributed by atoms with van der Waals surface area (Å²) in [6.45, 7) is 0. The Balaban J connectivity index is 1.50. The van der Waals surface area contributed by atoms with E-state index in [1.807, 2.05) is 35.7 Å². The molecule has 120 valence electrons. The maximum absolute atomic E-state index is 5.59. The molecule has 0 saturated carbocycles. The van der Waals surface area contributed by atoms with Crippen molar-refractivity contribution in [1.82, 2.24) is 15.0 Å². The number of benzene rings is 1. The van der Waals surface area contributed by atoms with E-state index in [2.05, 4.69) is 15.0 Å². The monoisotopic (exact) mass is 355 g/mol. The molecule has 7 heteroatoms. The molecule has 0 unspecified atom stereocenters. The van der Waals surface area contributed by atoms with Crippen molar-refractivity contribution >= 4 is 33.3 Å². The third-order valence-corrected chi connectivity index (χ3v) is 5.52. The lowest BCUT2D eigenvalue weighted by molar-refractivity contribution is 0.415. The van der Waals surface area contributed by atoms with Crippen LogP contribution >= 0.6 is 23.1 Å². The molecule has 4 aromatic rings. The van der Waals surface area contributed by atoms with Gasteiger partial charge in [-0.25, -0.2) is 15.0 Å². The number of ether oxygens (including phenoxy) is 1. The summed E-state index contributed by atoms with van der Waals surface area (Å²) in [7, 11) is 1.65. The molecule has 3 aromatic heterocycles. The van der Waals surface area contributed by atoms with E-state index in [-0.39, 0.29) is 0 Å². The van der Waals surface area contributed by atoms with Crippen molar-refractivity contribution in [3.63, 3.8) is 0 Å². The van der Waals surface area contributed by atoms with Crippen LogP contribution in [-0.2, 0) is 5.75 Å². The molecule has 24 heavy (non-hydrogen) atoms. The lowest BCUT2D eigenvalue weighted by Gasteiger charge is -2.00. The summed E-state index contributed by atoms with van der Waals surface area (Å²) in [5.41, 5.74) is 2.79. The van der Waals surface area contributed by atoms with E-state index >= 15 is 0 Å². The zero-order valence-corrected chi connectivity index (χ0v) is 14.4. The van der Waals surface area contributed by atoms with Crippen LogP contribution in [-0.4, -0.2) is 22.1 Å². The van der Waals surface area contributed by atoms with Crippen molar-refractivity contribution in [3.05, 3.63) is 54.0 Å². The van der Waals surface area contributed by atoms with E-state index in [1.54, 1.807) is 42.8 Å². The summed E-state index contributed by atoms with van der Waals surface area (Å²) in [5.74, 6) is 2.12. The molecule has 0 fully saturated rings. The number of thioether (sulfide) groups is 1. The topological polar surface area (TPSA) is 61.0 Å². The fourth-order valence-electron chi connectivity index (χ4n) is 2.25. The van der Waals surface area contributed by atoms with Crippen LogP contribution in [0, 0.1) is 0 Å². The molecular formula is C17H13N3O2S2. The van der Waals surface area contributed by atoms with E-state index in [9.17, 15) is 0 Å². The molecule has 0 atom stereocenters. The molecule has 0 bridgehead atoms. The smallest absolute Gasteiger partial charge is 0.226 e. The van der Waals surface area contributed by atoms with Gasteiger partial charge in [-0.05, 0) is 35.7 Å². The highest BCUT2D eigenvalue weighted by Crippen LogP contribution is 2.31. The quantitative estimate of drug-likeness (QED) is 0.384. The van der Waals surface area contributed by atoms with Crippen LogP contribution in [0.2, 0.25) is 0 Å². The number of fused-ring (bicyclic) bond motifs is 1. The van der Waals surface area contributed by atoms with Gasteiger partial charge in [-0.1, -0.05) is 11.8 Å². The maximum atomic E-state index is 5.59. The predicted octanol–water partition coefficient (Wildman–Crippen LogP) is 4.65. The summed E-state index contributed by atoms with van der Waals surface area (Å²) in [6, 6.07) is 9.65. The molecule has 0 aliphatic rings. The van der Waals surface area contributed by atoms with E-state index in [0.717, 1.165) is 32.2 Å². The van der Waals surface area contributed by atoms with Crippen molar-refractivity contribution in [3.8, 4) is 17.2 Å². The average molecular weight is 355 g/mol. The average Bonchev–Trinajstić information content (AvgIpc) is 3.29. The molecule has 5 nitrogen and oxygen atoms in total. The number of thiophene rings is 1. The van der Waals surface area contributed by atoms with E-state index in [1.165, 1.54) is 0 Å². The number of methoxy groups -OCH3 is 1. The first-order chi connectivity index (χ1) is 11.8. The lowest BCUT2D eigenvalue weighted by Crippen LogP contribution is -1.86. The minimum absolute atomic E-state index is 0.609. The van der Waals surface area contributed by atoms with Crippen LogP contribution < -0.4 is 4.74 Å². The fraction of sp³-hybridized carbons (Fsp3) is 0.118. The normalized spacial score (nSPS) is 11.0. The summed E-state index contributed by atoms with van der Waals surface area (Å²) >= 11 is 3.29. The molecule has 0 aliphatic carbocycles. The van der Waals surface area contributed by atoms with Gasteiger partial charge >= 0.3 is 0 Å². The molecule has 0 spiro atoms. The summed E-state index contributed by atoms with van der Waals surface area (Å²) in [4.78, 5) is 13.2. The molecule has 1 aromatic carbocycles. The molecule has 0 amide bonds. The van der Waals surface area contributed by atoms with Gasteiger partial charge in [0.1, 0.15) is 23.4 Å². The minimum atomic E-state index is 0.609. The van der Waals surface area contributed by atoms with Crippen LogP contribution in [0.5, 0.6) is 5.75 Å². The first-order valence-corrected chi connectivity index (χ1v) is 9.10. The molecule has 4 rings (SSSR count). The lowest BCUT2D eigenvalue weighted by atomic mass is 10.2.